The molecule has 0 fully saturated rings. The Kier molecular flexibility index (Phi) is 4.69. The standard InChI is InChI=1S/C13H17N3O3S2/c1-2-3-6-21(18,19)16-13-15-11(8-20-13)9-4-5-12(17)10(14)7-9/h4-5,7-8,17H,2-3,6,14H2,1H3,(H,15,16). The van der Waals surface area contributed by atoms with E-state index in [2.05, 4.69) is 9.71 Å². The van der Waals surface area contributed by atoms with Crippen LogP contribution in [0.1, 0.15) is 19.8 Å². The number of benzene rings is 1. The first-order valence-electron chi connectivity index (χ1n) is 6.46. The van der Waals surface area contributed by atoms with E-state index < -0.39 is 10.0 Å². The Bertz CT molecular complexity index is 726. The zero-order valence-electron chi connectivity index (χ0n) is 11.5. The third kappa shape index (κ3) is 4.08. The number of nitrogens with zero attached hydrogens (tertiary/aromatic N) is 1. The number of sulfonamides is 1. The average Bonchev–Trinajstić information content (AvgIpc) is 2.87. The Morgan fingerprint density at radius 1 is 1.43 bits per heavy atom. The number of nitrogen functional groups attached to an aromatic ring is 1. The molecule has 0 bridgehead atoms. The zero-order chi connectivity index (χ0) is 15.5. The van der Waals surface area contributed by atoms with Crippen molar-refractivity contribution in [1.29, 1.82) is 0 Å². The maximum Gasteiger partial charge on any atom is 0.234 e. The maximum absolute atomic E-state index is 11.8. The van der Waals surface area contributed by atoms with Crippen molar-refractivity contribution in [1.82, 2.24) is 4.98 Å². The Hall–Kier alpha value is -1.80. The van der Waals surface area contributed by atoms with Gasteiger partial charge in [-0.25, -0.2) is 13.4 Å². The molecule has 1 aromatic carbocycles. The Morgan fingerprint density at radius 2 is 2.19 bits per heavy atom. The van der Waals surface area contributed by atoms with E-state index in [0.29, 0.717) is 17.2 Å². The van der Waals surface area contributed by atoms with E-state index in [1.807, 2.05) is 6.92 Å². The Morgan fingerprint density at radius 3 is 2.86 bits per heavy atom. The summed E-state index contributed by atoms with van der Waals surface area (Å²) in [5, 5.41) is 11.5. The van der Waals surface area contributed by atoms with Gasteiger partial charge < -0.3 is 10.8 Å². The highest BCUT2D eigenvalue weighted by Crippen LogP contribution is 2.30. The second-order valence-corrected chi connectivity index (χ2v) is 7.29. The van der Waals surface area contributed by atoms with Crippen molar-refractivity contribution in [3.63, 3.8) is 0 Å². The largest absolute Gasteiger partial charge is 0.506 e. The first-order chi connectivity index (χ1) is 9.91. The summed E-state index contributed by atoms with van der Waals surface area (Å²) in [6, 6.07) is 4.75. The molecule has 0 amide bonds. The molecule has 1 heterocycles. The van der Waals surface area contributed by atoms with Crippen LogP contribution in [0.25, 0.3) is 11.3 Å². The van der Waals surface area contributed by atoms with Gasteiger partial charge >= 0.3 is 0 Å². The van der Waals surface area contributed by atoms with Gasteiger partial charge in [-0.05, 0) is 24.6 Å². The average molecular weight is 327 g/mol. The molecule has 0 aliphatic heterocycles. The van der Waals surface area contributed by atoms with Crippen LogP contribution < -0.4 is 10.5 Å². The number of unbranched alkanes of at least 4 members (excludes halogenated alkanes) is 1. The van der Waals surface area contributed by atoms with Gasteiger partial charge in [0.05, 0.1) is 17.1 Å². The van der Waals surface area contributed by atoms with Crippen LogP contribution in [-0.2, 0) is 10.0 Å². The van der Waals surface area contributed by atoms with Crippen LogP contribution in [0.4, 0.5) is 10.8 Å². The number of rotatable bonds is 6. The van der Waals surface area contributed by atoms with Crippen LogP contribution in [0.2, 0.25) is 0 Å². The van der Waals surface area contributed by atoms with E-state index in [4.69, 9.17) is 5.73 Å². The first kappa shape index (κ1) is 15.6. The molecule has 0 spiro atoms. The summed E-state index contributed by atoms with van der Waals surface area (Å²) in [5.41, 5.74) is 7.22. The highest BCUT2D eigenvalue weighted by atomic mass is 32.2. The molecule has 8 heteroatoms. The zero-order valence-corrected chi connectivity index (χ0v) is 13.2. The first-order valence-corrected chi connectivity index (χ1v) is 8.99. The molecule has 0 aliphatic rings. The van der Waals surface area contributed by atoms with Crippen molar-refractivity contribution in [3.05, 3.63) is 23.6 Å². The van der Waals surface area contributed by atoms with E-state index in [-0.39, 0.29) is 17.2 Å². The smallest absolute Gasteiger partial charge is 0.234 e. The lowest BCUT2D eigenvalue weighted by atomic mass is 10.1. The third-order valence-corrected chi connectivity index (χ3v) is 5.05. The van der Waals surface area contributed by atoms with Gasteiger partial charge in [-0.2, -0.15) is 0 Å². The fourth-order valence-corrected chi connectivity index (χ4v) is 3.90. The summed E-state index contributed by atoms with van der Waals surface area (Å²) in [6.45, 7) is 1.94. The van der Waals surface area contributed by atoms with E-state index in [0.717, 1.165) is 12.0 Å². The molecule has 1 aromatic heterocycles. The lowest BCUT2D eigenvalue weighted by Gasteiger charge is -2.04. The fraction of sp³-hybridized carbons (Fsp3) is 0.308. The number of phenols is 1. The second-order valence-electron chi connectivity index (χ2n) is 4.59. The Balaban J connectivity index is 2.16. The van der Waals surface area contributed by atoms with Crippen molar-refractivity contribution in [2.24, 2.45) is 0 Å². The summed E-state index contributed by atoms with van der Waals surface area (Å²) >= 11 is 1.21. The van der Waals surface area contributed by atoms with Crippen molar-refractivity contribution < 1.29 is 13.5 Å². The molecule has 6 nitrogen and oxygen atoms in total. The minimum atomic E-state index is -3.35. The number of aromatic hydroxyl groups is 1. The van der Waals surface area contributed by atoms with Crippen molar-refractivity contribution in [2.45, 2.75) is 19.8 Å². The van der Waals surface area contributed by atoms with Gasteiger partial charge in [0, 0.05) is 10.9 Å². The van der Waals surface area contributed by atoms with E-state index in [1.165, 1.54) is 17.4 Å². The van der Waals surface area contributed by atoms with Crippen LogP contribution in [0.3, 0.4) is 0 Å². The number of thiazole rings is 1. The van der Waals surface area contributed by atoms with E-state index in [1.54, 1.807) is 17.5 Å². The van der Waals surface area contributed by atoms with Gasteiger partial charge in [-0.3, -0.25) is 4.72 Å². The quantitative estimate of drug-likeness (QED) is 0.559. The van der Waals surface area contributed by atoms with Crippen molar-refractivity contribution in [3.8, 4) is 17.0 Å². The summed E-state index contributed by atoms with van der Waals surface area (Å²) in [4.78, 5) is 4.24. The molecule has 0 radical (unpaired) electrons. The highest BCUT2D eigenvalue weighted by Gasteiger charge is 2.13. The molecule has 114 valence electrons. The van der Waals surface area contributed by atoms with Crippen molar-refractivity contribution in [2.75, 3.05) is 16.2 Å². The summed E-state index contributed by atoms with van der Waals surface area (Å²) in [6.07, 6.45) is 1.43. The molecule has 2 aromatic rings. The van der Waals surface area contributed by atoms with Gasteiger partial charge in [0.2, 0.25) is 10.0 Å². The summed E-state index contributed by atoms with van der Waals surface area (Å²) in [7, 11) is -3.35. The molecule has 21 heavy (non-hydrogen) atoms. The van der Waals surface area contributed by atoms with E-state index >= 15 is 0 Å². The van der Waals surface area contributed by atoms with Crippen LogP contribution in [-0.4, -0.2) is 24.3 Å². The minimum Gasteiger partial charge on any atom is -0.506 e. The van der Waals surface area contributed by atoms with Gasteiger partial charge in [0.1, 0.15) is 5.75 Å². The molecule has 4 N–H and O–H groups in total. The minimum absolute atomic E-state index is 0.00877. The highest BCUT2D eigenvalue weighted by molar-refractivity contribution is 7.92. The van der Waals surface area contributed by atoms with Gasteiger partial charge in [0.25, 0.3) is 0 Å². The van der Waals surface area contributed by atoms with Gasteiger partial charge in [-0.15, -0.1) is 11.3 Å². The topological polar surface area (TPSA) is 105 Å². The summed E-state index contributed by atoms with van der Waals surface area (Å²) in [5.74, 6) is 0.0966. The van der Waals surface area contributed by atoms with Crippen LogP contribution in [0, 0.1) is 0 Å². The summed E-state index contributed by atoms with van der Waals surface area (Å²) < 4.78 is 26.1. The number of aromatic nitrogens is 1. The van der Waals surface area contributed by atoms with Crippen LogP contribution in [0.5, 0.6) is 5.75 Å². The fourth-order valence-electron chi connectivity index (χ4n) is 1.69. The van der Waals surface area contributed by atoms with Gasteiger partial charge in [-0.1, -0.05) is 13.3 Å². The Labute approximate surface area is 127 Å². The number of nitrogens with one attached hydrogen (secondary N) is 1. The predicted molar refractivity (Wildman–Crippen MR) is 85.9 cm³/mol. The lowest BCUT2D eigenvalue weighted by Crippen LogP contribution is -2.16. The molecular formula is C13H17N3O3S2. The van der Waals surface area contributed by atoms with Crippen LogP contribution >= 0.6 is 11.3 Å². The molecule has 0 unspecified atom stereocenters. The second kappa shape index (κ2) is 6.31. The van der Waals surface area contributed by atoms with E-state index in [9.17, 15) is 13.5 Å². The monoisotopic (exact) mass is 327 g/mol. The molecule has 0 saturated carbocycles. The molecule has 0 saturated heterocycles. The molecule has 2 rings (SSSR count). The number of phenolic OH excluding ortho intramolecular Hbond substituents is 1. The number of anilines is 2. The molecule has 0 atom stereocenters. The lowest BCUT2D eigenvalue weighted by molar-refractivity contribution is 0.478. The number of nitrogens with two attached hydrogens (primary N) is 1. The number of hydrogen-bond donors (Lipinski definition) is 3. The molecule has 0 aliphatic carbocycles. The predicted octanol–water partition coefficient (Wildman–Crippen LogP) is 2.64. The SMILES string of the molecule is CCCCS(=O)(=O)Nc1nc(-c2ccc(O)c(N)c2)cs1. The normalized spacial score (nSPS) is 11.5. The number of hydrogen-bond acceptors (Lipinski definition) is 6. The van der Waals surface area contributed by atoms with Crippen molar-refractivity contribution >= 4 is 32.2 Å². The maximum atomic E-state index is 11.8. The van der Waals surface area contributed by atoms with Crippen LogP contribution in [0.15, 0.2) is 23.6 Å². The molecular weight excluding hydrogens is 310 g/mol. The van der Waals surface area contributed by atoms with Gasteiger partial charge in [0.15, 0.2) is 5.13 Å². The third-order valence-electron chi connectivity index (χ3n) is 2.84.